The fourth-order valence-corrected chi connectivity index (χ4v) is 4.78. The molecule has 1 aliphatic heterocycles. The highest BCUT2D eigenvalue weighted by atomic mass is 35.5. The van der Waals surface area contributed by atoms with Crippen LogP contribution in [0.3, 0.4) is 0 Å². The molecule has 33 heavy (non-hydrogen) atoms. The Labute approximate surface area is 193 Å². The van der Waals surface area contributed by atoms with Crippen LogP contribution in [0, 0.1) is 5.92 Å². The molecule has 7 nitrogen and oxygen atoms in total. The number of H-pyrrole nitrogens is 1. The lowest BCUT2D eigenvalue weighted by Gasteiger charge is -2.34. The summed E-state index contributed by atoms with van der Waals surface area (Å²) in [7, 11) is 1.74. The number of rotatable bonds is 5. The number of aromatic nitrogens is 2. The van der Waals surface area contributed by atoms with E-state index < -0.39 is 23.6 Å². The van der Waals surface area contributed by atoms with Gasteiger partial charge in [0.25, 0.3) is 0 Å². The first-order valence-corrected chi connectivity index (χ1v) is 11.2. The van der Waals surface area contributed by atoms with E-state index in [0.717, 1.165) is 56.1 Å². The Morgan fingerprint density at radius 2 is 2.03 bits per heavy atom. The van der Waals surface area contributed by atoms with Crippen LogP contribution < -0.4 is 4.74 Å². The van der Waals surface area contributed by atoms with Gasteiger partial charge in [0.1, 0.15) is 17.2 Å². The molecule has 180 valence electrons. The highest BCUT2D eigenvalue weighted by Crippen LogP contribution is 2.41. The first kappa shape index (κ1) is 23.8. The number of hydrogen-bond donors (Lipinski definition) is 2. The van der Waals surface area contributed by atoms with Crippen molar-refractivity contribution in [2.45, 2.75) is 50.9 Å². The number of carbonyl (C=O) groups is 1. The lowest BCUT2D eigenvalue weighted by atomic mass is 9.86. The molecular weight excluding hydrogens is 463 g/mol. The van der Waals surface area contributed by atoms with Gasteiger partial charge in [-0.3, -0.25) is 10.00 Å². The van der Waals surface area contributed by atoms with Crippen molar-refractivity contribution < 1.29 is 32.5 Å². The number of phenols is 1. The van der Waals surface area contributed by atoms with E-state index in [0.29, 0.717) is 30.7 Å². The maximum absolute atomic E-state index is 12.8. The molecule has 0 bridgehead atoms. The number of hydrogen-bond acceptors (Lipinski definition) is 6. The minimum atomic E-state index is -5.18. The van der Waals surface area contributed by atoms with Crippen LogP contribution in [0.5, 0.6) is 11.5 Å². The molecule has 2 heterocycles. The molecule has 0 atom stereocenters. The summed E-state index contributed by atoms with van der Waals surface area (Å²) >= 11 is 6.02. The minimum Gasteiger partial charge on any atom is -0.506 e. The van der Waals surface area contributed by atoms with Gasteiger partial charge in [-0.05, 0) is 37.7 Å². The monoisotopic (exact) mass is 487 g/mol. The number of esters is 1. The van der Waals surface area contributed by atoms with Crippen LogP contribution in [0.4, 0.5) is 13.2 Å². The fraction of sp³-hybridized carbons (Fsp3) is 0.545. The lowest BCUT2D eigenvalue weighted by molar-refractivity contribution is -0.189. The van der Waals surface area contributed by atoms with Gasteiger partial charge < -0.3 is 14.6 Å². The van der Waals surface area contributed by atoms with Gasteiger partial charge in [-0.2, -0.15) is 18.3 Å². The van der Waals surface area contributed by atoms with Crippen LogP contribution in [0.1, 0.15) is 36.9 Å². The van der Waals surface area contributed by atoms with E-state index in [-0.39, 0.29) is 10.6 Å². The van der Waals surface area contributed by atoms with E-state index in [1.165, 1.54) is 6.07 Å². The summed E-state index contributed by atoms with van der Waals surface area (Å²) in [6, 6.07) is 2.16. The molecule has 4 rings (SSSR count). The van der Waals surface area contributed by atoms with Gasteiger partial charge in [0.05, 0.1) is 11.1 Å². The van der Waals surface area contributed by atoms with Crippen molar-refractivity contribution in [2.75, 3.05) is 20.2 Å². The third kappa shape index (κ3) is 5.28. The van der Waals surface area contributed by atoms with E-state index in [4.69, 9.17) is 16.3 Å². The molecule has 2 aliphatic rings. The zero-order valence-corrected chi connectivity index (χ0v) is 18.8. The Morgan fingerprint density at radius 1 is 1.30 bits per heavy atom. The summed E-state index contributed by atoms with van der Waals surface area (Å²) in [6.07, 6.45) is 0.104. The SMILES string of the molecule is COC1CCC(CN2CCc3[nH]nc(-c4cc(Cl)c(O)cc4OC(=O)C(F)(F)F)c3C2)CC1. The predicted octanol–water partition coefficient (Wildman–Crippen LogP) is 4.47. The van der Waals surface area contributed by atoms with Gasteiger partial charge in [-0.1, -0.05) is 11.6 Å². The molecule has 0 radical (unpaired) electrons. The van der Waals surface area contributed by atoms with Crippen LogP contribution in [-0.2, 0) is 22.5 Å². The van der Waals surface area contributed by atoms with Gasteiger partial charge in [0, 0.05) is 56.1 Å². The Bertz CT molecular complexity index is 1020. The Balaban J connectivity index is 1.57. The third-order valence-corrected chi connectivity index (χ3v) is 6.70. The number of nitrogens with zero attached hydrogens (tertiary/aromatic N) is 2. The quantitative estimate of drug-likeness (QED) is 0.478. The summed E-state index contributed by atoms with van der Waals surface area (Å²) in [5.74, 6) is -2.78. The van der Waals surface area contributed by atoms with Gasteiger partial charge in [0.15, 0.2) is 0 Å². The summed E-state index contributed by atoms with van der Waals surface area (Å²) in [4.78, 5) is 13.8. The van der Waals surface area contributed by atoms with Gasteiger partial charge in [-0.25, -0.2) is 4.79 Å². The first-order valence-electron chi connectivity index (χ1n) is 10.8. The zero-order chi connectivity index (χ0) is 23.8. The number of aromatic hydroxyl groups is 1. The van der Waals surface area contributed by atoms with Crippen LogP contribution >= 0.6 is 11.6 Å². The van der Waals surface area contributed by atoms with E-state index in [9.17, 15) is 23.1 Å². The predicted molar refractivity (Wildman–Crippen MR) is 114 cm³/mol. The highest BCUT2D eigenvalue weighted by Gasteiger charge is 2.42. The molecule has 2 N–H and O–H groups in total. The van der Waals surface area contributed by atoms with Crippen molar-refractivity contribution >= 4 is 17.6 Å². The van der Waals surface area contributed by atoms with Crippen LogP contribution in [0.2, 0.25) is 5.02 Å². The van der Waals surface area contributed by atoms with Crippen molar-refractivity contribution in [1.29, 1.82) is 0 Å². The smallest absolute Gasteiger partial charge is 0.491 e. The molecular formula is C22H25ClF3N3O4. The van der Waals surface area contributed by atoms with E-state index in [1.807, 2.05) is 0 Å². The third-order valence-electron chi connectivity index (χ3n) is 6.39. The number of aromatic amines is 1. The number of phenolic OH excluding ortho intramolecular Hbond substituents is 1. The van der Waals surface area contributed by atoms with E-state index >= 15 is 0 Å². The standard InChI is InChI=1S/C22H25ClF3N3O4/c1-32-13-4-2-12(3-5-13)10-29-7-6-17-15(11-29)20(28-27-17)14-8-16(23)18(30)9-19(14)33-21(31)22(24,25)26/h8-9,12-13,30H,2-7,10-11H2,1H3,(H,27,28). The van der Waals surface area contributed by atoms with Crippen LogP contribution in [-0.4, -0.2) is 58.7 Å². The molecule has 1 aliphatic carbocycles. The molecule has 1 aromatic heterocycles. The average Bonchev–Trinajstić information content (AvgIpc) is 3.19. The summed E-state index contributed by atoms with van der Waals surface area (Å²) < 4.78 is 48.4. The Hall–Kier alpha value is -2.30. The van der Waals surface area contributed by atoms with Crippen LogP contribution in [0.25, 0.3) is 11.3 Å². The second kappa shape index (κ2) is 9.52. The number of nitrogens with one attached hydrogen (secondary N) is 1. The molecule has 0 saturated heterocycles. The first-order chi connectivity index (χ1) is 15.7. The Morgan fingerprint density at radius 3 is 2.70 bits per heavy atom. The molecule has 1 aromatic carbocycles. The number of fused-ring (bicyclic) bond motifs is 1. The largest absolute Gasteiger partial charge is 0.506 e. The van der Waals surface area contributed by atoms with E-state index in [1.54, 1.807) is 7.11 Å². The molecule has 0 amide bonds. The fourth-order valence-electron chi connectivity index (χ4n) is 4.61. The zero-order valence-electron chi connectivity index (χ0n) is 18.0. The van der Waals surface area contributed by atoms with Crippen molar-refractivity contribution in [1.82, 2.24) is 15.1 Å². The summed E-state index contributed by atoms with van der Waals surface area (Å²) in [5, 5.41) is 17.0. The topological polar surface area (TPSA) is 87.7 Å². The van der Waals surface area contributed by atoms with Gasteiger partial charge in [0.2, 0.25) is 0 Å². The number of ether oxygens (including phenoxy) is 2. The second-order valence-corrected chi connectivity index (χ2v) is 8.99. The molecule has 1 fully saturated rings. The van der Waals surface area contributed by atoms with Crippen molar-refractivity contribution in [3.8, 4) is 22.8 Å². The van der Waals surface area contributed by atoms with Crippen molar-refractivity contribution in [3.63, 3.8) is 0 Å². The average molecular weight is 488 g/mol. The second-order valence-electron chi connectivity index (χ2n) is 8.58. The van der Waals surface area contributed by atoms with E-state index in [2.05, 4.69) is 19.8 Å². The normalized spacial score (nSPS) is 21.6. The highest BCUT2D eigenvalue weighted by molar-refractivity contribution is 6.32. The minimum absolute atomic E-state index is 0.0869. The molecule has 11 heteroatoms. The summed E-state index contributed by atoms with van der Waals surface area (Å²) in [5.41, 5.74) is 2.15. The van der Waals surface area contributed by atoms with Crippen molar-refractivity contribution in [3.05, 3.63) is 28.4 Å². The van der Waals surface area contributed by atoms with Crippen molar-refractivity contribution in [2.24, 2.45) is 5.92 Å². The Kier molecular flexibility index (Phi) is 6.88. The number of halogens is 4. The molecule has 2 aromatic rings. The van der Waals surface area contributed by atoms with Crippen LogP contribution in [0.15, 0.2) is 12.1 Å². The van der Waals surface area contributed by atoms with Gasteiger partial charge in [-0.15, -0.1) is 0 Å². The molecule has 0 unspecified atom stereocenters. The summed E-state index contributed by atoms with van der Waals surface area (Å²) in [6.45, 7) is 2.30. The molecule has 1 saturated carbocycles. The molecule has 0 spiro atoms. The number of carbonyl (C=O) groups excluding carboxylic acids is 1. The number of methoxy groups -OCH3 is 1. The number of benzene rings is 1. The maximum atomic E-state index is 12.8. The van der Waals surface area contributed by atoms with Gasteiger partial charge >= 0.3 is 12.1 Å². The maximum Gasteiger partial charge on any atom is 0.491 e. The lowest BCUT2D eigenvalue weighted by Crippen LogP contribution is -2.36. The number of alkyl halides is 3.